The Kier molecular flexibility index (Phi) is 23.2. The molecule has 6 heterocycles. The maximum absolute atomic E-state index is 2.44. The highest BCUT2D eigenvalue weighted by Crippen LogP contribution is 2.32. The van der Waals surface area contributed by atoms with E-state index in [4.69, 9.17) is 0 Å². The van der Waals surface area contributed by atoms with Gasteiger partial charge in [-0.1, -0.05) is 139 Å². The molecule has 0 radical (unpaired) electrons. The largest absolute Gasteiger partial charge is 0.223 e. The van der Waals surface area contributed by atoms with Gasteiger partial charge in [-0.3, -0.25) is 0 Å². The van der Waals surface area contributed by atoms with Gasteiger partial charge >= 0.3 is 0 Å². The highest BCUT2D eigenvalue weighted by atomic mass is 15.0. The third-order valence-corrected chi connectivity index (χ3v) is 16.0. The lowest BCUT2D eigenvalue weighted by Crippen LogP contribution is -2.39. The van der Waals surface area contributed by atoms with Gasteiger partial charge in [-0.05, 0) is 97.7 Å². The van der Waals surface area contributed by atoms with Gasteiger partial charge in [-0.25, -0.2) is 22.8 Å². The second kappa shape index (κ2) is 31.5. The molecule has 0 spiro atoms. The van der Waals surface area contributed by atoms with Crippen molar-refractivity contribution >= 4 is 0 Å². The maximum Gasteiger partial charge on any atom is 0.223 e. The number of benzene rings is 3. The summed E-state index contributed by atoms with van der Waals surface area (Å²) in [7, 11) is 2.14. The lowest BCUT2D eigenvalue weighted by Gasteiger charge is -2.13. The number of nitrogens with zero attached hydrogens (tertiary/aromatic N) is 6. The van der Waals surface area contributed by atoms with E-state index in [1.165, 1.54) is 181 Å². The monoisotopic (exact) mass is 1080 g/mol. The smallest absolute Gasteiger partial charge is 0.205 e. The fourth-order valence-corrected chi connectivity index (χ4v) is 10.9. The van der Waals surface area contributed by atoms with E-state index in [0.717, 1.165) is 31.9 Å². The quantitative estimate of drug-likeness (QED) is 0.0362. The Morgan fingerprint density at radius 3 is 0.938 bits per heavy atom. The number of unbranched alkanes of at least 4 members (excludes halogenated alkanes) is 12. The Bertz CT molecular complexity index is 3200. The Morgan fingerprint density at radius 2 is 0.568 bits per heavy atom. The van der Waals surface area contributed by atoms with E-state index < -0.39 is 0 Å². The molecule has 3 aromatic carbocycles. The second-order valence-corrected chi connectivity index (χ2v) is 22.6. The molecule has 6 aromatic heterocycles. The Balaban J connectivity index is 0.000000238. The van der Waals surface area contributed by atoms with Gasteiger partial charge in [-0.2, -0.15) is 4.57 Å². The van der Waals surface area contributed by atoms with Crippen LogP contribution in [-0.4, -0.2) is 0 Å². The zero-order valence-electron chi connectivity index (χ0n) is 50.4. The van der Waals surface area contributed by atoms with Crippen molar-refractivity contribution in [2.24, 2.45) is 7.05 Å². The minimum atomic E-state index is 1.05. The van der Waals surface area contributed by atoms with Gasteiger partial charge in [0.2, 0.25) is 22.8 Å². The highest BCUT2D eigenvalue weighted by molar-refractivity contribution is 5.76. The van der Waals surface area contributed by atoms with Crippen molar-refractivity contribution < 1.29 is 27.4 Å². The van der Waals surface area contributed by atoms with Crippen molar-refractivity contribution in [1.29, 1.82) is 0 Å². The number of aryl methyl sites for hydroxylation is 7. The van der Waals surface area contributed by atoms with Crippen LogP contribution in [0.3, 0.4) is 0 Å². The average Bonchev–Trinajstić information content (AvgIpc) is 3.55. The molecule has 9 rings (SSSR count). The summed E-state index contributed by atoms with van der Waals surface area (Å²) < 4.78 is 13.9. The molecule has 0 aliphatic heterocycles. The third-order valence-electron chi connectivity index (χ3n) is 16.0. The minimum Gasteiger partial charge on any atom is -0.205 e. The van der Waals surface area contributed by atoms with Crippen LogP contribution < -0.4 is 27.4 Å². The van der Waals surface area contributed by atoms with Gasteiger partial charge in [0, 0.05) is 97.0 Å². The predicted octanol–water partition coefficient (Wildman–Crippen LogP) is 16.6. The number of pyridine rings is 6. The predicted molar refractivity (Wildman–Crippen MR) is 335 cm³/mol. The average molecular weight is 1080 g/mol. The molecule has 0 fully saturated rings. The maximum atomic E-state index is 2.44. The molecule has 6 nitrogen and oxygen atoms in total. The summed E-state index contributed by atoms with van der Waals surface area (Å²) in [5, 5.41) is 0. The van der Waals surface area contributed by atoms with Gasteiger partial charge in [0.15, 0.2) is 55.8 Å². The molecule has 9 aromatic rings. The van der Waals surface area contributed by atoms with Gasteiger partial charge < -0.3 is 0 Å². The summed E-state index contributed by atoms with van der Waals surface area (Å²) in [6.07, 6.45) is 40.6. The summed E-state index contributed by atoms with van der Waals surface area (Å²) in [5.74, 6) is 0. The van der Waals surface area contributed by atoms with Gasteiger partial charge in [-0.15, -0.1) is 0 Å². The molecular formula is C75H94N6+6. The molecule has 0 N–H and O–H groups in total. The first-order valence-corrected chi connectivity index (χ1v) is 31.1. The molecule has 0 saturated carbocycles. The van der Waals surface area contributed by atoms with E-state index in [1.807, 2.05) is 0 Å². The van der Waals surface area contributed by atoms with Crippen LogP contribution in [0, 0.1) is 13.8 Å². The lowest BCUT2D eigenvalue weighted by molar-refractivity contribution is -0.698. The Labute approximate surface area is 487 Å². The summed E-state index contributed by atoms with van der Waals surface area (Å²) in [6.45, 7) is 17.7. The molecule has 0 saturated heterocycles. The molecule has 6 heteroatoms. The van der Waals surface area contributed by atoms with E-state index in [2.05, 4.69) is 277 Å². The van der Waals surface area contributed by atoms with Crippen LogP contribution in [-0.2, 0) is 33.2 Å². The standard InChI is InChI=1S/C47H54N3.C28H40N3/c1-5-7-9-11-29-48-31-25-41(26-32-48)39-21-23-40(24-22-39)44-35-46(42-17-13-37(3)14-18-42)50(47(36-44)43-19-15-38(4)16-20-43)45-27-33-49(34-28-45)30-12-10-8-6-2;1-4-6-8-10-18-30-20-14-25(15-21-30)27-12-13-28(29(3)24-27)26-16-22-31(23-17-26)19-11-9-7-5-2/h13-28,31-36H,5-12,29-30H2,1-4H3;12-17,20-24H,4-11,18-19H2,1-3H3/q2*+3. The second-order valence-electron chi connectivity index (χ2n) is 22.6. The normalized spacial score (nSPS) is 11.1. The molecule has 0 aliphatic rings. The lowest BCUT2D eigenvalue weighted by atomic mass is 9.96. The first kappa shape index (κ1) is 59.7. The number of hydrogen-bond acceptors (Lipinski definition) is 0. The van der Waals surface area contributed by atoms with Crippen LogP contribution in [0.5, 0.6) is 0 Å². The number of aromatic nitrogens is 6. The van der Waals surface area contributed by atoms with Crippen LogP contribution >= 0.6 is 0 Å². The fraction of sp³-hybridized carbons (Fsp3) is 0.360. The molecule has 0 aliphatic carbocycles. The van der Waals surface area contributed by atoms with Crippen molar-refractivity contribution in [2.75, 3.05) is 0 Å². The molecule has 81 heavy (non-hydrogen) atoms. The van der Waals surface area contributed by atoms with Gasteiger partial charge in [0.05, 0.1) is 17.7 Å². The van der Waals surface area contributed by atoms with Gasteiger partial charge in [0.1, 0.15) is 33.2 Å². The van der Waals surface area contributed by atoms with E-state index in [9.17, 15) is 0 Å². The van der Waals surface area contributed by atoms with Gasteiger partial charge in [0.25, 0.3) is 0 Å². The molecular weight excluding hydrogens is 985 g/mol. The fourth-order valence-electron chi connectivity index (χ4n) is 10.9. The number of rotatable bonds is 27. The minimum absolute atomic E-state index is 1.05. The van der Waals surface area contributed by atoms with E-state index in [1.54, 1.807) is 0 Å². The summed E-state index contributed by atoms with van der Waals surface area (Å²) in [5.41, 5.74) is 18.4. The third kappa shape index (κ3) is 17.5. The highest BCUT2D eigenvalue weighted by Gasteiger charge is 2.26. The summed E-state index contributed by atoms with van der Waals surface area (Å²) >= 11 is 0. The van der Waals surface area contributed by atoms with Crippen molar-refractivity contribution in [3.8, 4) is 72.8 Å². The SMILES string of the molecule is CCCCCC[n+]1ccc(-c2ccc(-c3cc(-c4ccc(C)cc4)[n+](-c4cc[n+](CCCCCC)cc4)c(-c4ccc(C)cc4)c3)cc2)cc1.CCCCCC[n+]1ccc(-c2ccc(-c3cc[n+](CCCCCC)cc3)[n+](C)c2)cc1. The Morgan fingerprint density at radius 1 is 0.272 bits per heavy atom. The van der Waals surface area contributed by atoms with Crippen LogP contribution in [0.25, 0.3) is 72.8 Å². The van der Waals surface area contributed by atoms with Crippen LogP contribution in [0.4, 0.5) is 0 Å². The van der Waals surface area contributed by atoms with Crippen molar-refractivity contribution in [3.05, 3.63) is 212 Å². The first-order valence-electron chi connectivity index (χ1n) is 31.1. The van der Waals surface area contributed by atoms with Crippen molar-refractivity contribution in [1.82, 2.24) is 0 Å². The van der Waals surface area contributed by atoms with Crippen molar-refractivity contribution in [3.63, 3.8) is 0 Å². The molecule has 0 bridgehead atoms. The van der Waals surface area contributed by atoms with Crippen LogP contribution in [0.15, 0.2) is 201 Å². The number of hydrogen-bond donors (Lipinski definition) is 0. The van der Waals surface area contributed by atoms with E-state index >= 15 is 0 Å². The molecule has 0 atom stereocenters. The topological polar surface area (TPSA) is 23.3 Å². The summed E-state index contributed by atoms with van der Waals surface area (Å²) in [6, 6.07) is 54.2. The van der Waals surface area contributed by atoms with E-state index in [-0.39, 0.29) is 0 Å². The van der Waals surface area contributed by atoms with Crippen LogP contribution in [0.2, 0.25) is 0 Å². The zero-order valence-corrected chi connectivity index (χ0v) is 50.4. The molecule has 418 valence electrons. The molecule has 0 amide bonds. The Hall–Kier alpha value is -7.44. The van der Waals surface area contributed by atoms with E-state index in [0.29, 0.717) is 0 Å². The summed E-state index contributed by atoms with van der Waals surface area (Å²) in [4.78, 5) is 0. The van der Waals surface area contributed by atoms with Crippen molar-refractivity contribution in [2.45, 2.75) is 170 Å². The van der Waals surface area contributed by atoms with Crippen LogP contribution in [0.1, 0.15) is 142 Å². The molecule has 0 unspecified atom stereocenters. The first-order chi connectivity index (χ1) is 39.7. The zero-order chi connectivity index (χ0) is 56.6.